The fraction of sp³-hybridized carbons (Fsp3) is 0.385. The van der Waals surface area contributed by atoms with Gasteiger partial charge in [0.25, 0.3) is 0 Å². The molecule has 82 valence electrons. The second kappa shape index (κ2) is 4.36. The van der Waals surface area contributed by atoms with E-state index in [1.165, 1.54) is 0 Å². The van der Waals surface area contributed by atoms with E-state index < -0.39 is 0 Å². The fourth-order valence-electron chi connectivity index (χ4n) is 2.07. The van der Waals surface area contributed by atoms with Crippen molar-refractivity contribution in [2.75, 3.05) is 0 Å². The highest BCUT2D eigenvalue weighted by Gasteiger charge is 2.32. The van der Waals surface area contributed by atoms with Gasteiger partial charge in [-0.1, -0.05) is 19.1 Å². The average Bonchev–Trinajstić information content (AvgIpc) is 2.58. The van der Waals surface area contributed by atoms with Gasteiger partial charge in [0.2, 0.25) is 0 Å². The predicted molar refractivity (Wildman–Crippen MR) is 60.9 cm³/mol. The van der Waals surface area contributed by atoms with E-state index in [9.17, 15) is 0 Å². The number of nitrogens with zero attached hydrogens (tertiary/aromatic N) is 1. The zero-order valence-electron chi connectivity index (χ0n) is 9.31. The number of rotatable bonds is 2. The summed E-state index contributed by atoms with van der Waals surface area (Å²) in [4.78, 5) is 0. The lowest BCUT2D eigenvalue weighted by Crippen LogP contribution is -2.38. The lowest BCUT2D eigenvalue weighted by Gasteiger charge is -2.17. The van der Waals surface area contributed by atoms with Crippen LogP contribution in [0.3, 0.4) is 0 Å². The minimum atomic E-state index is 0.106. The number of nitrogens with two attached hydrogens (primary N) is 1. The van der Waals surface area contributed by atoms with Crippen LogP contribution >= 0.6 is 0 Å². The molecule has 3 nitrogen and oxygen atoms in total. The Morgan fingerprint density at radius 3 is 2.75 bits per heavy atom. The molecule has 1 aliphatic carbocycles. The van der Waals surface area contributed by atoms with Gasteiger partial charge in [0, 0.05) is 12.3 Å². The molecule has 16 heavy (non-hydrogen) atoms. The molecule has 2 rings (SSSR count). The molecule has 0 amide bonds. The van der Waals surface area contributed by atoms with Crippen LogP contribution in [-0.4, -0.2) is 11.8 Å². The van der Waals surface area contributed by atoms with Crippen LogP contribution < -0.4 is 10.1 Å². The number of hydrogen-bond acceptors (Lipinski definition) is 2. The van der Waals surface area contributed by atoms with Crippen LogP contribution in [0.25, 0.3) is 0 Å². The van der Waals surface area contributed by atoms with Crippen molar-refractivity contribution in [3.63, 3.8) is 0 Å². The molecule has 1 aromatic carbocycles. The van der Waals surface area contributed by atoms with Gasteiger partial charge in [0.05, 0.1) is 12.0 Å². The molecular weight excluding hydrogens is 200 g/mol. The van der Waals surface area contributed by atoms with Gasteiger partial charge in [-0.25, -0.2) is 0 Å². The van der Waals surface area contributed by atoms with Crippen molar-refractivity contribution in [1.29, 1.82) is 5.26 Å². The van der Waals surface area contributed by atoms with Gasteiger partial charge >= 0.3 is 0 Å². The molecule has 2 atom stereocenters. The zero-order chi connectivity index (χ0) is 11.5. The van der Waals surface area contributed by atoms with E-state index in [4.69, 9.17) is 15.4 Å². The van der Waals surface area contributed by atoms with Crippen molar-refractivity contribution < 1.29 is 10.1 Å². The van der Waals surface area contributed by atoms with Gasteiger partial charge in [0.1, 0.15) is 17.9 Å². The topological polar surface area (TPSA) is 58.6 Å². The Morgan fingerprint density at radius 2 is 2.12 bits per heavy atom. The van der Waals surface area contributed by atoms with Gasteiger partial charge in [0.15, 0.2) is 5.71 Å². The summed E-state index contributed by atoms with van der Waals surface area (Å²) in [7, 11) is 0. The van der Waals surface area contributed by atoms with E-state index in [1.807, 2.05) is 18.2 Å². The zero-order valence-corrected chi connectivity index (χ0v) is 9.31. The molecule has 0 bridgehead atoms. The first-order valence-electron chi connectivity index (χ1n) is 5.46. The second-order valence-corrected chi connectivity index (χ2v) is 4.31. The highest BCUT2D eigenvalue weighted by molar-refractivity contribution is 5.81. The minimum absolute atomic E-state index is 0.106. The quantitative estimate of drug-likeness (QED) is 0.798. The monoisotopic (exact) mass is 215 g/mol. The molecule has 2 N–H and O–H groups in total. The summed E-state index contributed by atoms with van der Waals surface area (Å²) >= 11 is 0. The van der Waals surface area contributed by atoms with E-state index in [0.717, 1.165) is 18.6 Å². The predicted octanol–water partition coefficient (Wildman–Crippen LogP) is 0.936. The Bertz CT molecular complexity index is 447. The Kier molecular flexibility index (Phi) is 2.91. The molecule has 1 fully saturated rings. The van der Waals surface area contributed by atoms with Gasteiger partial charge in [-0.2, -0.15) is 5.26 Å². The smallest absolute Gasteiger partial charge is 0.153 e. The first-order chi connectivity index (χ1) is 7.70. The number of ether oxygens (including phenoxy) is 1. The fourth-order valence-corrected chi connectivity index (χ4v) is 2.07. The molecule has 1 saturated carbocycles. The molecule has 0 aliphatic heterocycles. The highest BCUT2D eigenvalue weighted by Crippen LogP contribution is 2.27. The lowest BCUT2D eigenvalue weighted by molar-refractivity contribution is -0.117. The van der Waals surface area contributed by atoms with E-state index in [-0.39, 0.29) is 6.10 Å². The third-order valence-corrected chi connectivity index (χ3v) is 2.97. The molecule has 0 heterocycles. The maximum Gasteiger partial charge on any atom is 0.153 e. The normalized spacial score (nSPS) is 24.1. The average molecular weight is 215 g/mol. The molecule has 0 aromatic heterocycles. The molecule has 1 aliphatic rings. The summed E-state index contributed by atoms with van der Waals surface area (Å²) in [6, 6.07) is 9.45. The van der Waals surface area contributed by atoms with E-state index in [0.29, 0.717) is 17.2 Å². The Morgan fingerprint density at radius 1 is 1.38 bits per heavy atom. The van der Waals surface area contributed by atoms with Crippen molar-refractivity contribution >= 4 is 5.71 Å². The van der Waals surface area contributed by atoms with Crippen LogP contribution in [0.15, 0.2) is 24.3 Å². The summed E-state index contributed by atoms with van der Waals surface area (Å²) in [5, 5.41) is 14.8. The maximum atomic E-state index is 8.95. The summed E-state index contributed by atoms with van der Waals surface area (Å²) in [6.07, 6.45) is 1.81. The van der Waals surface area contributed by atoms with Crippen molar-refractivity contribution in [2.45, 2.75) is 25.9 Å². The third kappa shape index (κ3) is 2.06. The Hall–Kier alpha value is -1.82. The number of para-hydroxylation sites is 1. The molecule has 0 spiro atoms. The van der Waals surface area contributed by atoms with Crippen molar-refractivity contribution in [2.24, 2.45) is 5.92 Å². The number of nitriles is 1. The van der Waals surface area contributed by atoms with Crippen LogP contribution in [0.2, 0.25) is 0 Å². The third-order valence-electron chi connectivity index (χ3n) is 2.97. The van der Waals surface area contributed by atoms with E-state index in [1.54, 1.807) is 6.07 Å². The van der Waals surface area contributed by atoms with Crippen LogP contribution in [0.5, 0.6) is 5.75 Å². The Balaban J connectivity index is 2.15. The molecule has 1 unspecified atom stereocenters. The van der Waals surface area contributed by atoms with Crippen LogP contribution in [0.1, 0.15) is 25.3 Å². The minimum Gasteiger partial charge on any atom is -0.488 e. The van der Waals surface area contributed by atoms with E-state index in [2.05, 4.69) is 13.0 Å². The molecule has 0 saturated heterocycles. The van der Waals surface area contributed by atoms with E-state index >= 15 is 0 Å². The molecule has 1 aromatic rings. The van der Waals surface area contributed by atoms with Gasteiger partial charge in [-0.05, 0) is 12.1 Å². The van der Waals surface area contributed by atoms with Crippen molar-refractivity contribution in [3.8, 4) is 11.8 Å². The van der Waals surface area contributed by atoms with Crippen molar-refractivity contribution in [3.05, 3.63) is 29.8 Å². The second-order valence-electron chi connectivity index (χ2n) is 4.31. The lowest BCUT2D eigenvalue weighted by atomic mass is 10.1. The molecule has 0 radical (unpaired) electrons. The summed E-state index contributed by atoms with van der Waals surface area (Å²) in [5.74, 6) is 1.09. The van der Waals surface area contributed by atoms with Crippen LogP contribution in [-0.2, 0) is 0 Å². The standard InChI is InChI=1S/C13H14N2O/c1-9-6-11(15)7-13(9)16-12-5-3-2-4-10(12)8-14/h2-5,9,13,15H,6-7H2,1H3/p+1/t9-,13?/m0/s1. The highest BCUT2D eigenvalue weighted by atomic mass is 16.5. The summed E-state index contributed by atoms with van der Waals surface area (Å²) in [6.45, 7) is 2.12. The number of hydrogen-bond donors (Lipinski definition) is 1. The largest absolute Gasteiger partial charge is 0.488 e. The van der Waals surface area contributed by atoms with Crippen molar-refractivity contribution in [1.82, 2.24) is 0 Å². The van der Waals surface area contributed by atoms with Gasteiger partial charge < -0.3 is 4.74 Å². The summed E-state index contributed by atoms with van der Waals surface area (Å²) < 4.78 is 5.86. The molecule has 3 heteroatoms. The van der Waals surface area contributed by atoms with Crippen LogP contribution in [0, 0.1) is 17.2 Å². The maximum absolute atomic E-state index is 8.95. The van der Waals surface area contributed by atoms with Gasteiger partial charge in [-0.3, -0.25) is 5.41 Å². The summed E-state index contributed by atoms with van der Waals surface area (Å²) in [5.41, 5.74) is 1.58. The molecular formula is C13H15N2O+. The Labute approximate surface area is 95.2 Å². The first kappa shape index (κ1) is 10.7. The van der Waals surface area contributed by atoms with Crippen LogP contribution in [0.4, 0.5) is 0 Å². The first-order valence-corrected chi connectivity index (χ1v) is 5.46. The van der Waals surface area contributed by atoms with Gasteiger partial charge in [-0.15, -0.1) is 0 Å². The number of benzene rings is 1. The SMILES string of the molecule is C[C@H]1CC(=[NH2+])CC1Oc1ccccc1C#N.